The zero-order valence-corrected chi connectivity index (χ0v) is 17.6. The van der Waals surface area contributed by atoms with Gasteiger partial charge in [-0.05, 0) is 32.6 Å². The van der Waals surface area contributed by atoms with Crippen LogP contribution in [0.25, 0.3) is 0 Å². The first-order valence-electron chi connectivity index (χ1n) is 8.64. The van der Waals surface area contributed by atoms with Crippen LogP contribution in [-0.4, -0.2) is 36.9 Å². The maximum Gasteiger partial charge on any atom is 0.191 e. The Morgan fingerprint density at radius 2 is 2.12 bits per heavy atom. The predicted octanol–water partition coefficient (Wildman–Crippen LogP) is 3.43. The summed E-state index contributed by atoms with van der Waals surface area (Å²) in [5.41, 5.74) is 0.952. The fourth-order valence-corrected chi connectivity index (χ4v) is 2.95. The molecule has 0 bridgehead atoms. The van der Waals surface area contributed by atoms with Crippen LogP contribution in [0.1, 0.15) is 63.8 Å². The van der Waals surface area contributed by atoms with E-state index in [1.54, 1.807) is 7.05 Å². The highest BCUT2D eigenvalue weighted by Gasteiger charge is 2.29. The summed E-state index contributed by atoms with van der Waals surface area (Å²) in [4.78, 5) is 4.25. The highest BCUT2D eigenvalue weighted by Crippen LogP contribution is 2.24. The van der Waals surface area contributed by atoms with Gasteiger partial charge in [-0.2, -0.15) is 0 Å². The summed E-state index contributed by atoms with van der Waals surface area (Å²) in [6.45, 7) is 8.67. The quantitative estimate of drug-likeness (QED) is 0.379. The van der Waals surface area contributed by atoms with Gasteiger partial charge in [0.2, 0.25) is 0 Å². The summed E-state index contributed by atoms with van der Waals surface area (Å²) < 4.78 is 11.2. The topological polar surface area (TPSA) is 71.7 Å². The molecule has 2 N–H and O–H groups in total. The van der Waals surface area contributed by atoms with Gasteiger partial charge in [0.05, 0.1) is 17.8 Å². The van der Waals surface area contributed by atoms with E-state index in [2.05, 4.69) is 41.6 Å². The first-order valence-corrected chi connectivity index (χ1v) is 8.64. The van der Waals surface area contributed by atoms with Crippen LogP contribution in [0.5, 0.6) is 0 Å². The molecule has 1 fully saturated rings. The van der Waals surface area contributed by atoms with E-state index in [1.807, 2.05) is 6.07 Å². The van der Waals surface area contributed by atoms with Crippen LogP contribution in [0.2, 0.25) is 0 Å². The van der Waals surface area contributed by atoms with Crippen molar-refractivity contribution in [3.63, 3.8) is 0 Å². The monoisotopic (exact) mass is 450 g/mol. The van der Waals surface area contributed by atoms with Gasteiger partial charge < -0.3 is 19.9 Å². The van der Waals surface area contributed by atoms with E-state index in [0.29, 0.717) is 12.5 Å². The van der Waals surface area contributed by atoms with Gasteiger partial charge in [-0.3, -0.25) is 4.99 Å². The molecule has 0 amide bonds. The molecule has 0 aliphatic carbocycles. The summed E-state index contributed by atoms with van der Waals surface area (Å²) in [6.07, 6.45) is 4.37. The Kier molecular flexibility index (Phi) is 9.04. The summed E-state index contributed by atoms with van der Waals surface area (Å²) in [5, 5.41) is 10.8. The summed E-state index contributed by atoms with van der Waals surface area (Å²) in [6, 6.07) is 2.04. The smallest absolute Gasteiger partial charge is 0.191 e. The maximum atomic E-state index is 5.78. The Hall–Kier alpha value is -0.830. The molecule has 0 aromatic carbocycles. The van der Waals surface area contributed by atoms with Gasteiger partial charge in [0.15, 0.2) is 11.7 Å². The molecule has 2 rings (SSSR count). The molecule has 0 radical (unpaired) electrons. The number of hydrogen-bond donors (Lipinski definition) is 2. The van der Waals surface area contributed by atoms with Crippen LogP contribution in [0.4, 0.5) is 0 Å². The fourth-order valence-electron chi connectivity index (χ4n) is 2.95. The molecule has 6 nitrogen and oxygen atoms in total. The van der Waals surface area contributed by atoms with Gasteiger partial charge in [0.1, 0.15) is 0 Å². The molecule has 0 spiro atoms. The molecule has 1 aromatic rings. The lowest BCUT2D eigenvalue weighted by atomic mass is 9.99. The summed E-state index contributed by atoms with van der Waals surface area (Å²) in [7, 11) is 1.77. The van der Waals surface area contributed by atoms with Gasteiger partial charge in [0.25, 0.3) is 0 Å². The molecule has 1 saturated heterocycles. The molecule has 0 saturated carbocycles. The highest BCUT2D eigenvalue weighted by atomic mass is 127. The van der Waals surface area contributed by atoms with Crippen LogP contribution >= 0.6 is 24.0 Å². The standard InChI is InChI=1S/C17H30N4O2.HI/c1-5-13(6-2)15-10-14(23-21-15)11-19-16(18-4)20-12-17(3)8-7-9-22-17;/h10,13H,5-9,11-12H2,1-4H3,(H2,18,19,20);1H. The number of hydrogen-bond acceptors (Lipinski definition) is 4. The van der Waals surface area contributed by atoms with Gasteiger partial charge in [-0.15, -0.1) is 24.0 Å². The fraction of sp³-hybridized carbons (Fsp3) is 0.765. The van der Waals surface area contributed by atoms with Crippen molar-refractivity contribution in [1.82, 2.24) is 15.8 Å². The van der Waals surface area contributed by atoms with E-state index >= 15 is 0 Å². The number of nitrogens with zero attached hydrogens (tertiary/aromatic N) is 2. The molecule has 24 heavy (non-hydrogen) atoms. The average molecular weight is 450 g/mol. The highest BCUT2D eigenvalue weighted by molar-refractivity contribution is 14.0. The third-order valence-corrected chi connectivity index (χ3v) is 4.56. The van der Waals surface area contributed by atoms with E-state index in [0.717, 1.165) is 56.2 Å². The molecular formula is C17H31IN4O2. The second kappa shape index (κ2) is 10.2. The molecule has 1 aliphatic rings. The molecule has 7 heteroatoms. The van der Waals surface area contributed by atoms with Crippen molar-refractivity contribution in [2.75, 3.05) is 20.2 Å². The zero-order valence-electron chi connectivity index (χ0n) is 15.2. The van der Waals surface area contributed by atoms with Gasteiger partial charge in [-0.1, -0.05) is 19.0 Å². The average Bonchev–Trinajstić information content (AvgIpc) is 3.19. The molecule has 1 unspecified atom stereocenters. The molecule has 138 valence electrons. The van der Waals surface area contributed by atoms with E-state index in [9.17, 15) is 0 Å². The van der Waals surface area contributed by atoms with E-state index in [-0.39, 0.29) is 29.6 Å². The van der Waals surface area contributed by atoms with Crippen LogP contribution in [0.3, 0.4) is 0 Å². The third kappa shape index (κ3) is 5.91. The second-order valence-electron chi connectivity index (χ2n) is 6.41. The van der Waals surface area contributed by atoms with Crippen molar-refractivity contribution in [1.29, 1.82) is 0 Å². The largest absolute Gasteiger partial charge is 0.373 e. The number of ether oxygens (including phenoxy) is 1. The van der Waals surface area contributed by atoms with Gasteiger partial charge in [0, 0.05) is 32.2 Å². The number of guanidine groups is 1. The van der Waals surface area contributed by atoms with Crippen LogP contribution in [0.15, 0.2) is 15.6 Å². The normalized spacial score (nSPS) is 21.0. The first-order chi connectivity index (χ1) is 11.1. The minimum Gasteiger partial charge on any atom is -0.373 e. The molecule has 1 aromatic heterocycles. The number of halogens is 1. The van der Waals surface area contributed by atoms with Crippen molar-refractivity contribution < 1.29 is 9.26 Å². The summed E-state index contributed by atoms with van der Waals surface area (Å²) >= 11 is 0. The predicted molar refractivity (Wildman–Crippen MR) is 107 cm³/mol. The summed E-state index contributed by atoms with van der Waals surface area (Å²) in [5.74, 6) is 2.06. The lowest BCUT2D eigenvalue weighted by Gasteiger charge is -2.24. The lowest BCUT2D eigenvalue weighted by Crippen LogP contribution is -2.45. The SMILES string of the molecule is CCC(CC)c1cc(CNC(=NC)NCC2(C)CCCO2)on1.I. The Balaban J connectivity index is 0.00000288. The van der Waals surface area contributed by atoms with Crippen molar-refractivity contribution in [2.45, 2.75) is 64.5 Å². The number of rotatable bonds is 7. The van der Waals surface area contributed by atoms with Gasteiger partial charge in [-0.25, -0.2) is 0 Å². The van der Waals surface area contributed by atoms with Crippen molar-refractivity contribution in [3.05, 3.63) is 17.5 Å². The molecular weight excluding hydrogens is 419 g/mol. The maximum absolute atomic E-state index is 5.78. The Bertz CT molecular complexity index is 508. The number of aliphatic imine (C=N–C) groups is 1. The second-order valence-corrected chi connectivity index (χ2v) is 6.41. The lowest BCUT2D eigenvalue weighted by molar-refractivity contribution is 0.0243. The number of nitrogens with one attached hydrogen (secondary N) is 2. The van der Waals surface area contributed by atoms with E-state index in [1.165, 1.54) is 0 Å². The molecule has 2 heterocycles. The first kappa shape index (κ1) is 21.2. The van der Waals surface area contributed by atoms with Crippen LogP contribution in [-0.2, 0) is 11.3 Å². The van der Waals surface area contributed by atoms with E-state index < -0.39 is 0 Å². The Labute approximate surface area is 162 Å². The van der Waals surface area contributed by atoms with Crippen LogP contribution < -0.4 is 10.6 Å². The number of aromatic nitrogens is 1. The zero-order chi connectivity index (χ0) is 16.7. The minimum atomic E-state index is -0.0908. The van der Waals surface area contributed by atoms with Crippen molar-refractivity contribution in [3.8, 4) is 0 Å². The minimum absolute atomic E-state index is 0. The van der Waals surface area contributed by atoms with Crippen LogP contribution in [0, 0.1) is 0 Å². The molecule has 1 atom stereocenters. The Morgan fingerprint density at radius 3 is 2.71 bits per heavy atom. The molecule has 1 aliphatic heterocycles. The van der Waals surface area contributed by atoms with Crippen molar-refractivity contribution in [2.24, 2.45) is 4.99 Å². The Morgan fingerprint density at radius 1 is 1.38 bits per heavy atom. The van der Waals surface area contributed by atoms with Gasteiger partial charge >= 0.3 is 0 Å². The third-order valence-electron chi connectivity index (χ3n) is 4.56. The van der Waals surface area contributed by atoms with E-state index in [4.69, 9.17) is 9.26 Å². The van der Waals surface area contributed by atoms with Crippen molar-refractivity contribution >= 4 is 29.9 Å².